The predicted octanol–water partition coefficient (Wildman–Crippen LogP) is 3.79. The van der Waals surface area contributed by atoms with Crippen molar-refractivity contribution in [2.24, 2.45) is 11.7 Å². The molecule has 3 rings (SSSR count). The van der Waals surface area contributed by atoms with Gasteiger partial charge in [0.05, 0.1) is 0 Å². The van der Waals surface area contributed by atoms with Gasteiger partial charge in [0.1, 0.15) is 6.61 Å². The highest BCUT2D eigenvalue weighted by Gasteiger charge is 2.22. The van der Waals surface area contributed by atoms with E-state index in [1.54, 1.807) is 0 Å². The van der Waals surface area contributed by atoms with Crippen LogP contribution in [0.1, 0.15) is 55.7 Å². The molecular weight excluding hydrogens is 288 g/mol. The van der Waals surface area contributed by atoms with Crippen molar-refractivity contribution < 1.29 is 9.53 Å². The van der Waals surface area contributed by atoms with Crippen molar-refractivity contribution >= 4 is 11.8 Å². The molecule has 2 aliphatic carbocycles. The molecule has 1 saturated carbocycles. The van der Waals surface area contributed by atoms with E-state index in [4.69, 9.17) is 10.5 Å². The van der Waals surface area contributed by atoms with Crippen LogP contribution in [0.5, 0.6) is 0 Å². The number of hydrogen-bond donors (Lipinski definition) is 1. The molecule has 0 heterocycles. The molecule has 0 atom stereocenters. The highest BCUT2D eigenvalue weighted by atomic mass is 16.5. The Bertz CT molecular complexity index is 565. The molecule has 126 valence electrons. The van der Waals surface area contributed by atoms with E-state index in [1.165, 1.54) is 55.3 Å². The molecule has 0 radical (unpaired) electrons. The molecule has 0 aromatic heterocycles. The minimum atomic E-state index is -0.699. The number of benzene rings is 1. The fourth-order valence-corrected chi connectivity index (χ4v) is 4.12. The molecule has 0 saturated heterocycles. The fourth-order valence-electron chi connectivity index (χ4n) is 4.12. The van der Waals surface area contributed by atoms with Crippen molar-refractivity contribution in [3.8, 4) is 0 Å². The summed E-state index contributed by atoms with van der Waals surface area (Å²) in [4.78, 5) is 13.5. The molecule has 0 aliphatic heterocycles. The summed E-state index contributed by atoms with van der Waals surface area (Å²) in [5, 5.41) is 0. The Hall–Kier alpha value is -1.71. The molecule has 1 aromatic carbocycles. The van der Waals surface area contributed by atoms with Crippen LogP contribution in [0.15, 0.2) is 12.1 Å². The zero-order chi connectivity index (χ0) is 16.2. The SMILES string of the molecule is CCN(CC1CCCC1)c1cc2c(cc1COC(N)=O)CCC2. The van der Waals surface area contributed by atoms with Crippen molar-refractivity contribution in [3.05, 3.63) is 28.8 Å². The van der Waals surface area contributed by atoms with Gasteiger partial charge in [-0.2, -0.15) is 0 Å². The average Bonchev–Trinajstić information content (AvgIpc) is 3.20. The summed E-state index contributed by atoms with van der Waals surface area (Å²) in [6.45, 7) is 4.58. The van der Waals surface area contributed by atoms with Crippen LogP contribution in [0, 0.1) is 5.92 Å². The first-order chi connectivity index (χ1) is 11.2. The van der Waals surface area contributed by atoms with Crippen LogP contribution in [-0.4, -0.2) is 19.2 Å². The second-order valence-electron chi connectivity index (χ2n) is 6.90. The molecule has 2 N–H and O–H groups in total. The summed E-state index contributed by atoms with van der Waals surface area (Å²) in [5.41, 5.74) is 10.4. The molecule has 23 heavy (non-hydrogen) atoms. The van der Waals surface area contributed by atoms with E-state index >= 15 is 0 Å². The maximum Gasteiger partial charge on any atom is 0.404 e. The number of ether oxygens (including phenoxy) is 1. The first-order valence-corrected chi connectivity index (χ1v) is 8.99. The van der Waals surface area contributed by atoms with E-state index in [9.17, 15) is 4.79 Å². The Balaban J connectivity index is 1.85. The average molecular weight is 316 g/mol. The number of nitrogens with two attached hydrogens (primary N) is 1. The van der Waals surface area contributed by atoms with Crippen LogP contribution in [0.25, 0.3) is 0 Å². The van der Waals surface area contributed by atoms with Crippen LogP contribution in [-0.2, 0) is 24.2 Å². The van der Waals surface area contributed by atoms with Crippen LogP contribution < -0.4 is 10.6 Å². The van der Waals surface area contributed by atoms with E-state index in [2.05, 4.69) is 24.0 Å². The van der Waals surface area contributed by atoms with Gasteiger partial charge in [-0.05, 0) is 62.1 Å². The second-order valence-corrected chi connectivity index (χ2v) is 6.90. The number of nitrogens with zero attached hydrogens (tertiary/aromatic N) is 1. The fraction of sp³-hybridized carbons (Fsp3) is 0.632. The summed E-state index contributed by atoms with van der Waals surface area (Å²) in [6, 6.07) is 4.57. The minimum Gasteiger partial charge on any atom is -0.445 e. The van der Waals surface area contributed by atoms with Crippen LogP contribution >= 0.6 is 0 Å². The van der Waals surface area contributed by atoms with Gasteiger partial charge in [0.15, 0.2) is 0 Å². The van der Waals surface area contributed by atoms with Crippen molar-refractivity contribution in [2.75, 3.05) is 18.0 Å². The van der Waals surface area contributed by atoms with Gasteiger partial charge in [0.2, 0.25) is 0 Å². The van der Waals surface area contributed by atoms with Gasteiger partial charge in [-0.25, -0.2) is 4.79 Å². The molecule has 2 aliphatic rings. The van der Waals surface area contributed by atoms with Crippen molar-refractivity contribution in [3.63, 3.8) is 0 Å². The summed E-state index contributed by atoms with van der Waals surface area (Å²) < 4.78 is 5.11. The number of primary amides is 1. The molecule has 4 nitrogen and oxygen atoms in total. The zero-order valence-electron chi connectivity index (χ0n) is 14.1. The third-order valence-electron chi connectivity index (χ3n) is 5.34. The lowest BCUT2D eigenvalue weighted by molar-refractivity contribution is 0.150. The number of carbonyl (C=O) groups excluding carboxylic acids is 1. The third-order valence-corrected chi connectivity index (χ3v) is 5.34. The second kappa shape index (κ2) is 7.24. The van der Waals surface area contributed by atoms with E-state index in [0.29, 0.717) is 0 Å². The predicted molar refractivity (Wildman–Crippen MR) is 92.7 cm³/mol. The largest absolute Gasteiger partial charge is 0.445 e. The van der Waals surface area contributed by atoms with Gasteiger partial charge in [0.25, 0.3) is 0 Å². The van der Waals surface area contributed by atoms with Crippen molar-refractivity contribution in [2.45, 2.75) is 58.5 Å². The Morgan fingerprint density at radius 2 is 1.91 bits per heavy atom. The number of aryl methyl sites for hydroxylation is 2. The smallest absolute Gasteiger partial charge is 0.404 e. The normalized spacial score (nSPS) is 17.3. The monoisotopic (exact) mass is 316 g/mol. The highest BCUT2D eigenvalue weighted by Crippen LogP contribution is 2.33. The Morgan fingerprint density at radius 3 is 2.57 bits per heavy atom. The molecule has 1 aromatic rings. The van der Waals surface area contributed by atoms with Crippen molar-refractivity contribution in [1.82, 2.24) is 0 Å². The van der Waals surface area contributed by atoms with Crippen LogP contribution in [0.3, 0.4) is 0 Å². The maximum atomic E-state index is 11.0. The van der Waals surface area contributed by atoms with Gasteiger partial charge >= 0.3 is 6.09 Å². The van der Waals surface area contributed by atoms with Gasteiger partial charge in [-0.1, -0.05) is 18.9 Å². The lowest BCUT2D eigenvalue weighted by Crippen LogP contribution is -2.29. The number of anilines is 1. The molecule has 0 spiro atoms. The molecular formula is C19H28N2O2. The van der Waals surface area contributed by atoms with Crippen LogP contribution in [0.4, 0.5) is 10.5 Å². The van der Waals surface area contributed by atoms with Gasteiger partial charge in [-0.15, -0.1) is 0 Å². The number of amides is 1. The lowest BCUT2D eigenvalue weighted by Gasteiger charge is -2.29. The van der Waals surface area contributed by atoms with E-state index in [1.807, 2.05) is 0 Å². The summed E-state index contributed by atoms with van der Waals surface area (Å²) >= 11 is 0. The highest BCUT2D eigenvalue weighted by molar-refractivity contribution is 5.65. The molecule has 4 heteroatoms. The first kappa shape index (κ1) is 16.2. The van der Waals surface area contributed by atoms with Crippen molar-refractivity contribution in [1.29, 1.82) is 0 Å². The van der Waals surface area contributed by atoms with E-state index in [0.717, 1.165) is 31.0 Å². The van der Waals surface area contributed by atoms with Gasteiger partial charge < -0.3 is 15.4 Å². The topological polar surface area (TPSA) is 55.6 Å². The lowest BCUT2D eigenvalue weighted by atomic mass is 10.0. The van der Waals surface area contributed by atoms with Gasteiger partial charge in [-0.3, -0.25) is 0 Å². The Labute approximate surface area is 139 Å². The third kappa shape index (κ3) is 3.80. The minimum absolute atomic E-state index is 0.277. The Morgan fingerprint density at radius 1 is 1.22 bits per heavy atom. The summed E-state index contributed by atoms with van der Waals surface area (Å²) in [7, 11) is 0. The number of hydrogen-bond acceptors (Lipinski definition) is 3. The molecule has 1 amide bonds. The molecule has 1 fully saturated rings. The standard InChI is InChI=1S/C19H28N2O2/c1-2-21(12-14-6-3-4-7-14)18-11-16-9-5-8-15(16)10-17(18)13-23-19(20)22/h10-11,14H,2-9,12-13H2,1H3,(H2,20,22). The summed E-state index contributed by atoms with van der Waals surface area (Å²) in [6.07, 6.45) is 8.24. The van der Waals surface area contributed by atoms with E-state index < -0.39 is 6.09 Å². The summed E-state index contributed by atoms with van der Waals surface area (Å²) in [5.74, 6) is 0.799. The zero-order valence-corrected chi connectivity index (χ0v) is 14.1. The first-order valence-electron chi connectivity index (χ1n) is 8.99. The molecule has 0 bridgehead atoms. The quantitative estimate of drug-likeness (QED) is 0.869. The van der Waals surface area contributed by atoms with Gasteiger partial charge in [0, 0.05) is 24.3 Å². The van der Waals surface area contributed by atoms with Crippen LogP contribution in [0.2, 0.25) is 0 Å². The molecule has 0 unspecified atom stereocenters. The number of rotatable bonds is 6. The van der Waals surface area contributed by atoms with E-state index in [-0.39, 0.29) is 6.61 Å². The number of carbonyl (C=O) groups is 1. The number of fused-ring (bicyclic) bond motifs is 1. The Kier molecular flexibility index (Phi) is 5.09. The maximum absolute atomic E-state index is 11.0.